The Morgan fingerprint density at radius 1 is 1.36 bits per heavy atom. The zero-order valence-corrected chi connectivity index (χ0v) is 5.35. The smallest absolute Gasteiger partial charge is 0.424 e. The van der Waals surface area contributed by atoms with E-state index >= 15 is 0 Å². The Kier molecular flexibility index (Phi) is 1.59. The molecule has 1 heterocycles. The SMILES string of the molecule is O=C(O)Nn1c(O)ccc1O. The molecule has 4 N–H and O–H groups in total. The molecule has 60 valence electrons. The highest BCUT2D eigenvalue weighted by molar-refractivity contribution is 5.74. The minimum Gasteiger partial charge on any atom is -0.493 e. The molecule has 1 aromatic rings. The van der Waals surface area contributed by atoms with Crippen molar-refractivity contribution >= 4 is 6.09 Å². The Morgan fingerprint density at radius 2 is 1.82 bits per heavy atom. The monoisotopic (exact) mass is 158 g/mol. The van der Waals surface area contributed by atoms with E-state index in [1.165, 1.54) is 0 Å². The fourth-order valence-corrected chi connectivity index (χ4v) is 0.626. The predicted molar refractivity (Wildman–Crippen MR) is 35.1 cm³/mol. The Bertz CT molecular complexity index is 261. The van der Waals surface area contributed by atoms with Crippen LogP contribution in [0.3, 0.4) is 0 Å². The van der Waals surface area contributed by atoms with E-state index in [4.69, 9.17) is 15.3 Å². The molecule has 0 atom stereocenters. The molecule has 0 spiro atoms. The van der Waals surface area contributed by atoms with Crippen molar-refractivity contribution in [3.8, 4) is 11.8 Å². The van der Waals surface area contributed by atoms with Gasteiger partial charge in [-0.05, 0) is 0 Å². The second-order valence-corrected chi connectivity index (χ2v) is 1.80. The van der Waals surface area contributed by atoms with Gasteiger partial charge in [0, 0.05) is 12.1 Å². The van der Waals surface area contributed by atoms with Crippen LogP contribution in [0.15, 0.2) is 12.1 Å². The number of hydrogen-bond donors (Lipinski definition) is 4. The molecular formula is C5H6N2O4. The molecule has 0 radical (unpaired) electrons. The second kappa shape index (κ2) is 2.41. The van der Waals surface area contributed by atoms with Gasteiger partial charge in [-0.15, -0.1) is 0 Å². The molecule has 0 aliphatic rings. The summed E-state index contributed by atoms with van der Waals surface area (Å²) in [6, 6.07) is 2.32. The van der Waals surface area contributed by atoms with E-state index in [9.17, 15) is 4.79 Å². The van der Waals surface area contributed by atoms with Crippen molar-refractivity contribution in [1.29, 1.82) is 0 Å². The molecule has 0 aliphatic heterocycles. The summed E-state index contributed by atoms with van der Waals surface area (Å²) in [7, 11) is 0. The van der Waals surface area contributed by atoms with Gasteiger partial charge in [0.1, 0.15) is 0 Å². The van der Waals surface area contributed by atoms with E-state index in [-0.39, 0.29) is 11.8 Å². The molecule has 0 bridgehead atoms. The number of nitrogens with one attached hydrogen (secondary N) is 1. The van der Waals surface area contributed by atoms with Gasteiger partial charge in [0.05, 0.1) is 0 Å². The van der Waals surface area contributed by atoms with E-state index in [1.54, 1.807) is 5.43 Å². The van der Waals surface area contributed by atoms with Crippen LogP contribution in [-0.2, 0) is 0 Å². The van der Waals surface area contributed by atoms with Crippen LogP contribution in [0, 0.1) is 0 Å². The first-order valence-corrected chi connectivity index (χ1v) is 2.71. The summed E-state index contributed by atoms with van der Waals surface area (Å²) in [5.41, 5.74) is 1.75. The van der Waals surface area contributed by atoms with Crippen LogP contribution in [0.4, 0.5) is 4.79 Å². The van der Waals surface area contributed by atoms with E-state index in [1.807, 2.05) is 0 Å². The van der Waals surface area contributed by atoms with Gasteiger partial charge in [-0.3, -0.25) is 0 Å². The van der Waals surface area contributed by atoms with Crippen LogP contribution in [-0.4, -0.2) is 26.1 Å². The lowest BCUT2D eigenvalue weighted by atomic mass is 10.6. The summed E-state index contributed by atoms with van der Waals surface area (Å²) in [6.45, 7) is 0. The minimum absolute atomic E-state index is 0.370. The second-order valence-electron chi connectivity index (χ2n) is 1.80. The van der Waals surface area contributed by atoms with Crippen molar-refractivity contribution < 1.29 is 20.1 Å². The van der Waals surface area contributed by atoms with Crippen LogP contribution >= 0.6 is 0 Å². The van der Waals surface area contributed by atoms with Crippen LogP contribution in [0.2, 0.25) is 0 Å². The lowest BCUT2D eigenvalue weighted by molar-refractivity contribution is 0.204. The molecule has 1 rings (SSSR count). The Morgan fingerprint density at radius 3 is 2.18 bits per heavy atom. The lowest BCUT2D eigenvalue weighted by Gasteiger charge is -2.03. The Balaban J connectivity index is 2.92. The highest BCUT2D eigenvalue weighted by atomic mass is 16.4. The highest BCUT2D eigenvalue weighted by Gasteiger charge is 2.06. The summed E-state index contributed by atoms with van der Waals surface area (Å²) >= 11 is 0. The van der Waals surface area contributed by atoms with Gasteiger partial charge in [-0.2, -0.15) is 4.68 Å². The van der Waals surface area contributed by atoms with Gasteiger partial charge in [0.25, 0.3) is 0 Å². The maximum atomic E-state index is 10.0. The summed E-state index contributed by atoms with van der Waals surface area (Å²) in [4.78, 5) is 10.0. The molecule has 0 unspecified atom stereocenters. The van der Waals surface area contributed by atoms with Crippen LogP contribution in [0.1, 0.15) is 0 Å². The molecule has 11 heavy (non-hydrogen) atoms. The zero-order chi connectivity index (χ0) is 8.43. The average molecular weight is 158 g/mol. The largest absolute Gasteiger partial charge is 0.493 e. The number of carboxylic acid groups (broad SMARTS) is 1. The number of aromatic nitrogens is 1. The van der Waals surface area contributed by atoms with Crippen molar-refractivity contribution in [2.24, 2.45) is 0 Å². The first kappa shape index (κ1) is 7.26. The molecule has 6 nitrogen and oxygen atoms in total. The van der Waals surface area contributed by atoms with E-state index < -0.39 is 6.09 Å². The summed E-state index contributed by atoms with van der Waals surface area (Å²) in [6.07, 6.45) is -1.37. The first-order chi connectivity index (χ1) is 5.11. The molecule has 0 saturated carbocycles. The summed E-state index contributed by atoms with van der Waals surface area (Å²) in [5, 5.41) is 25.9. The molecule has 0 aliphatic carbocycles. The standard InChI is InChI=1S/C5H6N2O4/c8-3-1-2-4(9)7(3)6-5(10)11/h1-2,6,8-9H,(H,10,11). The predicted octanol–water partition coefficient (Wildman–Crippen LogP) is 0.121. The van der Waals surface area contributed by atoms with Crippen molar-refractivity contribution in [3.05, 3.63) is 12.1 Å². The van der Waals surface area contributed by atoms with Gasteiger partial charge in [0.15, 0.2) is 0 Å². The number of hydrogen-bond acceptors (Lipinski definition) is 3. The van der Waals surface area contributed by atoms with E-state index in [0.717, 1.165) is 12.1 Å². The Hall–Kier alpha value is -1.85. The minimum atomic E-state index is -1.37. The van der Waals surface area contributed by atoms with Gasteiger partial charge in [-0.1, -0.05) is 0 Å². The quantitative estimate of drug-likeness (QED) is 0.467. The summed E-state index contributed by atoms with van der Waals surface area (Å²) in [5.74, 6) is -0.741. The maximum Gasteiger partial charge on any atom is 0.424 e. The third-order valence-corrected chi connectivity index (χ3v) is 1.05. The topological polar surface area (TPSA) is 94.7 Å². The fraction of sp³-hybridized carbons (Fsp3) is 0. The van der Waals surface area contributed by atoms with Gasteiger partial charge in [-0.25, -0.2) is 10.2 Å². The number of aromatic hydroxyl groups is 2. The number of rotatable bonds is 1. The average Bonchev–Trinajstić information content (AvgIpc) is 2.18. The third kappa shape index (κ3) is 1.34. The van der Waals surface area contributed by atoms with Gasteiger partial charge in [0.2, 0.25) is 11.8 Å². The Labute approximate surface area is 61.3 Å². The molecule has 1 amide bonds. The number of amides is 1. The number of nitrogens with zero attached hydrogens (tertiary/aromatic N) is 1. The molecule has 1 aromatic heterocycles. The molecule has 0 saturated heterocycles. The van der Waals surface area contributed by atoms with E-state index in [0.29, 0.717) is 4.68 Å². The van der Waals surface area contributed by atoms with Crippen LogP contribution < -0.4 is 5.43 Å². The van der Waals surface area contributed by atoms with Crippen molar-refractivity contribution in [2.45, 2.75) is 0 Å². The zero-order valence-electron chi connectivity index (χ0n) is 5.35. The van der Waals surface area contributed by atoms with Crippen LogP contribution in [0.25, 0.3) is 0 Å². The molecule has 0 fully saturated rings. The van der Waals surface area contributed by atoms with Crippen LogP contribution in [0.5, 0.6) is 11.8 Å². The molecule has 0 aromatic carbocycles. The van der Waals surface area contributed by atoms with E-state index in [2.05, 4.69) is 0 Å². The third-order valence-electron chi connectivity index (χ3n) is 1.05. The lowest BCUT2D eigenvalue weighted by Crippen LogP contribution is -2.19. The first-order valence-electron chi connectivity index (χ1n) is 2.71. The van der Waals surface area contributed by atoms with Crippen molar-refractivity contribution in [1.82, 2.24) is 4.68 Å². The summed E-state index contributed by atoms with van der Waals surface area (Å²) < 4.78 is 0.627. The number of carbonyl (C=O) groups is 1. The fourth-order valence-electron chi connectivity index (χ4n) is 0.626. The molecular weight excluding hydrogens is 152 g/mol. The van der Waals surface area contributed by atoms with Gasteiger partial charge < -0.3 is 15.3 Å². The highest BCUT2D eigenvalue weighted by Crippen LogP contribution is 2.17. The van der Waals surface area contributed by atoms with Crippen molar-refractivity contribution in [3.63, 3.8) is 0 Å². The molecule has 6 heteroatoms. The maximum absolute atomic E-state index is 10.0. The van der Waals surface area contributed by atoms with Crippen molar-refractivity contribution in [2.75, 3.05) is 5.43 Å². The van der Waals surface area contributed by atoms with Gasteiger partial charge >= 0.3 is 6.09 Å². The normalized spacial score (nSPS) is 9.45.